The molecule has 0 saturated heterocycles. The first kappa shape index (κ1) is 14.9. The fraction of sp³-hybridized carbons (Fsp3) is 0.200. The van der Waals surface area contributed by atoms with Crippen molar-refractivity contribution in [2.75, 3.05) is 12.4 Å². The Morgan fingerprint density at radius 3 is 2.95 bits per heavy atom. The van der Waals surface area contributed by atoms with Crippen LogP contribution in [0.3, 0.4) is 0 Å². The Morgan fingerprint density at radius 1 is 1.41 bits per heavy atom. The minimum atomic E-state index is -0.192. The molecular formula is C15H14ClN3O2S. The lowest BCUT2D eigenvalue weighted by Gasteiger charge is -2.13. The summed E-state index contributed by atoms with van der Waals surface area (Å²) in [5, 5.41) is 7.25. The molecule has 3 aromatic rings. The summed E-state index contributed by atoms with van der Waals surface area (Å²) in [5.41, 5.74) is 1.27. The zero-order valence-corrected chi connectivity index (χ0v) is 13.6. The molecule has 0 unspecified atom stereocenters. The largest absolute Gasteiger partial charge is 0.480 e. The van der Waals surface area contributed by atoms with E-state index in [1.54, 1.807) is 24.6 Å². The van der Waals surface area contributed by atoms with Gasteiger partial charge in [-0.1, -0.05) is 11.6 Å². The molecule has 22 heavy (non-hydrogen) atoms. The highest BCUT2D eigenvalue weighted by molar-refractivity contribution is 7.13. The van der Waals surface area contributed by atoms with E-state index in [0.717, 1.165) is 10.9 Å². The van der Waals surface area contributed by atoms with Crippen molar-refractivity contribution in [2.45, 2.75) is 13.0 Å². The summed E-state index contributed by atoms with van der Waals surface area (Å²) in [4.78, 5) is 19.4. The van der Waals surface area contributed by atoms with Crippen molar-refractivity contribution in [3.63, 3.8) is 0 Å². The van der Waals surface area contributed by atoms with E-state index >= 15 is 0 Å². The van der Waals surface area contributed by atoms with Crippen molar-refractivity contribution in [1.82, 2.24) is 9.97 Å². The van der Waals surface area contributed by atoms with Crippen LogP contribution in [-0.2, 0) is 0 Å². The number of hydrogen-bond acceptors (Lipinski definition) is 5. The van der Waals surface area contributed by atoms with Crippen LogP contribution in [0.2, 0.25) is 5.02 Å². The molecule has 0 aliphatic rings. The number of pyridine rings is 1. The molecule has 114 valence electrons. The Balaban J connectivity index is 1.94. The van der Waals surface area contributed by atoms with Crippen LogP contribution in [0.5, 0.6) is 5.88 Å². The molecule has 3 rings (SSSR count). The average molecular weight is 336 g/mol. The normalized spacial score (nSPS) is 12.3. The third-order valence-corrected chi connectivity index (χ3v) is 4.32. The second kappa shape index (κ2) is 5.98. The van der Waals surface area contributed by atoms with Gasteiger partial charge in [0.05, 0.1) is 18.5 Å². The Kier molecular flexibility index (Phi) is 4.04. The lowest BCUT2D eigenvalue weighted by molar-refractivity contribution is 0.401. The number of anilines is 1. The van der Waals surface area contributed by atoms with Gasteiger partial charge in [-0.05, 0) is 31.2 Å². The van der Waals surface area contributed by atoms with E-state index in [9.17, 15) is 4.79 Å². The zero-order valence-electron chi connectivity index (χ0n) is 12.0. The Morgan fingerprint density at radius 2 is 2.23 bits per heavy atom. The summed E-state index contributed by atoms with van der Waals surface area (Å²) in [7, 11) is 1.57. The highest BCUT2D eigenvalue weighted by Crippen LogP contribution is 2.25. The predicted octanol–water partition coefficient (Wildman–Crippen LogP) is 3.82. The average Bonchev–Trinajstić information content (AvgIpc) is 2.94. The number of ether oxygens (including phenoxy) is 1. The van der Waals surface area contributed by atoms with Crippen molar-refractivity contribution < 1.29 is 4.74 Å². The van der Waals surface area contributed by atoms with E-state index in [-0.39, 0.29) is 11.6 Å². The number of aromatic nitrogens is 2. The van der Waals surface area contributed by atoms with Gasteiger partial charge in [-0.15, -0.1) is 11.3 Å². The van der Waals surface area contributed by atoms with E-state index in [1.165, 1.54) is 11.3 Å². The summed E-state index contributed by atoms with van der Waals surface area (Å²) in [6.07, 6.45) is 0. The molecule has 1 atom stereocenters. The lowest BCUT2D eigenvalue weighted by Crippen LogP contribution is -2.19. The number of hydrogen-bond donors (Lipinski definition) is 2. The number of benzene rings is 1. The highest BCUT2D eigenvalue weighted by atomic mass is 35.5. The minimum Gasteiger partial charge on any atom is -0.480 e. The van der Waals surface area contributed by atoms with E-state index in [1.807, 2.05) is 19.1 Å². The Hall–Kier alpha value is -2.05. The van der Waals surface area contributed by atoms with Crippen LogP contribution >= 0.6 is 22.9 Å². The highest BCUT2D eigenvalue weighted by Gasteiger charge is 2.13. The maximum absolute atomic E-state index is 12.2. The Bertz CT molecular complexity index is 875. The summed E-state index contributed by atoms with van der Waals surface area (Å²) < 4.78 is 5.05. The Labute approximate surface area is 135 Å². The van der Waals surface area contributed by atoms with Crippen LogP contribution in [0.1, 0.15) is 18.5 Å². The van der Waals surface area contributed by atoms with Gasteiger partial charge in [0.1, 0.15) is 0 Å². The van der Waals surface area contributed by atoms with Crippen LogP contribution in [0.15, 0.2) is 34.4 Å². The second-order valence-corrected chi connectivity index (χ2v) is 6.14. The van der Waals surface area contributed by atoms with Gasteiger partial charge < -0.3 is 15.0 Å². The number of thiazole rings is 1. The number of aromatic amines is 1. The summed E-state index contributed by atoms with van der Waals surface area (Å²) in [5.74, 6) is 0.555. The van der Waals surface area contributed by atoms with E-state index < -0.39 is 0 Å². The number of H-pyrrole nitrogens is 1. The van der Waals surface area contributed by atoms with Gasteiger partial charge in [0, 0.05) is 21.5 Å². The molecule has 2 heterocycles. The van der Waals surface area contributed by atoms with Crippen molar-refractivity contribution >= 4 is 39.0 Å². The molecule has 0 fully saturated rings. The molecular weight excluding hydrogens is 322 g/mol. The van der Waals surface area contributed by atoms with Crippen LogP contribution in [-0.4, -0.2) is 17.1 Å². The number of halogens is 1. The van der Waals surface area contributed by atoms with E-state index in [2.05, 4.69) is 15.3 Å². The quantitative estimate of drug-likeness (QED) is 0.760. The number of nitrogens with zero attached hydrogens (tertiary/aromatic N) is 1. The number of nitrogens with one attached hydrogen (secondary N) is 2. The molecule has 0 aliphatic heterocycles. The van der Waals surface area contributed by atoms with Crippen LogP contribution in [0.25, 0.3) is 10.9 Å². The lowest BCUT2D eigenvalue weighted by atomic mass is 10.1. The molecule has 2 N–H and O–H groups in total. The smallest absolute Gasteiger partial charge is 0.253 e. The van der Waals surface area contributed by atoms with Crippen LogP contribution < -0.4 is 15.6 Å². The fourth-order valence-electron chi connectivity index (χ4n) is 2.20. The number of rotatable bonds is 4. The third kappa shape index (κ3) is 2.93. The molecule has 0 radical (unpaired) electrons. The SMILES string of the molecule is COc1csc(N[C@@H](C)c2cc3cc(Cl)ccc3[nH]c2=O)n1. The van der Waals surface area contributed by atoms with Gasteiger partial charge in [-0.2, -0.15) is 4.98 Å². The molecule has 0 saturated carbocycles. The molecule has 2 aromatic heterocycles. The van der Waals surface area contributed by atoms with E-state index in [4.69, 9.17) is 16.3 Å². The fourth-order valence-corrected chi connectivity index (χ4v) is 3.13. The molecule has 1 aromatic carbocycles. The van der Waals surface area contributed by atoms with Gasteiger partial charge in [-0.25, -0.2) is 0 Å². The molecule has 7 heteroatoms. The monoisotopic (exact) mass is 335 g/mol. The predicted molar refractivity (Wildman–Crippen MR) is 90.3 cm³/mol. The second-order valence-electron chi connectivity index (χ2n) is 4.85. The third-order valence-electron chi connectivity index (χ3n) is 3.33. The maximum atomic E-state index is 12.2. The summed E-state index contributed by atoms with van der Waals surface area (Å²) in [6, 6.07) is 7.04. The summed E-state index contributed by atoms with van der Waals surface area (Å²) >= 11 is 7.44. The molecule has 0 amide bonds. The van der Waals surface area contributed by atoms with Crippen molar-refractivity contribution in [3.8, 4) is 5.88 Å². The summed E-state index contributed by atoms with van der Waals surface area (Å²) in [6.45, 7) is 1.91. The minimum absolute atomic E-state index is 0.127. The van der Waals surface area contributed by atoms with Crippen molar-refractivity contribution in [1.29, 1.82) is 0 Å². The van der Waals surface area contributed by atoms with Gasteiger partial charge in [-0.3, -0.25) is 4.79 Å². The molecule has 0 spiro atoms. The zero-order chi connectivity index (χ0) is 15.7. The number of methoxy groups -OCH3 is 1. The van der Waals surface area contributed by atoms with Crippen molar-refractivity contribution in [2.24, 2.45) is 0 Å². The van der Waals surface area contributed by atoms with Gasteiger partial charge in [0.15, 0.2) is 5.13 Å². The maximum Gasteiger partial charge on any atom is 0.253 e. The van der Waals surface area contributed by atoms with Crippen molar-refractivity contribution in [3.05, 3.63) is 50.6 Å². The standard InChI is InChI=1S/C15H14ClN3O2S/c1-8(17-15-19-13(21-2)7-22-15)11-6-9-5-10(16)3-4-12(9)18-14(11)20/h3-8H,1-2H3,(H,17,19)(H,18,20)/t8-/m0/s1. The first-order valence-electron chi connectivity index (χ1n) is 6.65. The van der Waals surface area contributed by atoms with Crippen LogP contribution in [0, 0.1) is 0 Å². The van der Waals surface area contributed by atoms with Crippen LogP contribution in [0.4, 0.5) is 5.13 Å². The first-order chi connectivity index (χ1) is 10.6. The number of fused-ring (bicyclic) bond motifs is 1. The molecule has 5 nitrogen and oxygen atoms in total. The van der Waals surface area contributed by atoms with Gasteiger partial charge in [0.2, 0.25) is 5.88 Å². The van der Waals surface area contributed by atoms with Gasteiger partial charge in [0.25, 0.3) is 5.56 Å². The molecule has 0 aliphatic carbocycles. The van der Waals surface area contributed by atoms with Gasteiger partial charge >= 0.3 is 0 Å². The molecule has 0 bridgehead atoms. The topological polar surface area (TPSA) is 67.0 Å². The van der Waals surface area contributed by atoms with E-state index in [0.29, 0.717) is 21.6 Å². The first-order valence-corrected chi connectivity index (χ1v) is 7.91.